The predicted molar refractivity (Wildman–Crippen MR) is 99.9 cm³/mol. The highest BCUT2D eigenvalue weighted by Crippen LogP contribution is 2.08. The first-order valence-electron chi connectivity index (χ1n) is 8.55. The van der Waals surface area contributed by atoms with Crippen molar-refractivity contribution in [3.8, 4) is 0 Å². The van der Waals surface area contributed by atoms with Gasteiger partial charge in [-0.15, -0.1) is 0 Å². The van der Waals surface area contributed by atoms with E-state index in [0.29, 0.717) is 32.0 Å². The molecule has 136 valence electrons. The lowest BCUT2D eigenvalue weighted by atomic mass is 10.1. The minimum atomic E-state index is -0.764. The summed E-state index contributed by atoms with van der Waals surface area (Å²) in [5.74, 6) is 0.170. The lowest BCUT2D eigenvalue weighted by molar-refractivity contribution is -0.111. The molecule has 2 rings (SSSR count). The molecule has 0 unspecified atom stereocenters. The number of benzene rings is 1. The Morgan fingerprint density at radius 3 is 2.48 bits per heavy atom. The molecule has 1 saturated heterocycles. The molecular formula is C18H27N5O2. The Kier molecular flexibility index (Phi) is 7.24. The smallest absolute Gasteiger partial charge is 0.218 e. The first-order chi connectivity index (χ1) is 12.0. The molecular weight excluding hydrogens is 318 g/mol. The predicted octanol–water partition coefficient (Wildman–Crippen LogP) is 1.34. The van der Waals surface area contributed by atoms with Gasteiger partial charge in [-0.05, 0) is 13.8 Å². The van der Waals surface area contributed by atoms with Crippen LogP contribution in [0.25, 0.3) is 0 Å². The van der Waals surface area contributed by atoms with Crippen molar-refractivity contribution in [2.24, 2.45) is 4.99 Å². The summed E-state index contributed by atoms with van der Waals surface area (Å²) in [6, 6.07) is 7.78. The van der Waals surface area contributed by atoms with Crippen LogP contribution in [0.1, 0.15) is 18.1 Å². The van der Waals surface area contributed by atoms with Crippen LogP contribution in [-0.4, -0.2) is 78.4 Å². The van der Waals surface area contributed by atoms with Crippen molar-refractivity contribution >= 4 is 17.9 Å². The van der Waals surface area contributed by atoms with Gasteiger partial charge in [-0.1, -0.05) is 29.8 Å². The van der Waals surface area contributed by atoms with Gasteiger partial charge in [0.25, 0.3) is 0 Å². The maximum atomic E-state index is 9.71. The van der Waals surface area contributed by atoms with Crippen molar-refractivity contribution in [3.05, 3.63) is 35.4 Å². The number of aliphatic hydroxyl groups excluding tert-OH is 1. The summed E-state index contributed by atoms with van der Waals surface area (Å²) in [5, 5.41) is 25.5. The van der Waals surface area contributed by atoms with Crippen LogP contribution in [0.4, 0.5) is 0 Å². The molecule has 1 aliphatic heterocycles. The molecule has 1 heterocycles. The van der Waals surface area contributed by atoms with E-state index in [1.807, 2.05) is 43.0 Å². The summed E-state index contributed by atoms with van der Waals surface area (Å²) in [5.41, 5.74) is 2.47. The van der Waals surface area contributed by atoms with Crippen molar-refractivity contribution in [1.82, 2.24) is 9.80 Å². The number of aliphatic imine (C=N–C) groups is 1. The van der Waals surface area contributed by atoms with Gasteiger partial charge in [0.1, 0.15) is 0 Å². The molecule has 1 fully saturated rings. The van der Waals surface area contributed by atoms with Crippen LogP contribution in [0, 0.1) is 17.7 Å². The Labute approximate surface area is 148 Å². The molecule has 0 aromatic heterocycles. The lowest BCUT2D eigenvalue weighted by Crippen LogP contribution is -2.50. The van der Waals surface area contributed by atoms with Gasteiger partial charge >= 0.3 is 0 Å². The number of piperazine rings is 1. The molecule has 7 heteroatoms. The molecule has 7 nitrogen and oxygen atoms in total. The van der Waals surface area contributed by atoms with Crippen LogP contribution in [0.5, 0.6) is 0 Å². The van der Waals surface area contributed by atoms with Gasteiger partial charge < -0.3 is 20.2 Å². The summed E-state index contributed by atoms with van der Waals surface area (Å²) < 4.78 is 5.15. The van der Waals surface area contributed by atoms with Crippen molar-refractivity contribution in [3.63, 3.8) is 0 Å². The third-order valence-electron chi connectivity index (χ3n) is 4.16. The molecule has 1 aromatic rings. The Bertz CT molecular complexity index is 606. The molecule has 0 spiro atoms. The maximum absolute atomic E-state index is 9.71. The molecule has 3 N–H and O–H groups in total. The SMILES string of the molecule is CCO[C@H](O)CN1CCN(C(=N)/N=C(\C=N)c2ccc(C)cc2)CC1. The number of guanidine groups is 1. The molecule has 0 aliphatic carbocycles. The largest absolute Gasteiger partial charge is 0.367 e. The van der Waals surface area contributed by atoms with Crippen LogP contribution < -0.4 is 0 Å². The van der Waals surface area contributed by atoms with Gasteiger partial charge in [-0.2, -0.15) is 0 Å². The van der Waals surface area contributed by atoms with Crippen LogP contribution in [0.15, 0.2) is 29.3 Å². The second kappa shape index (κ2) is 9.41. The minimum absolute atomic E-state index is 0.170. The second-order valence-electron chi connectivity index (χ2n) is 6.03. The van der Waals surface area contributed by atoms with Crippen molar-refractivity contribution < 1.29 is 9.84 Å². The fourth-order valence-electron chi connectivity index (χ4n) is 2.70. The van der Waals surface area contributed by atoms with E-state index < -0.39 is 6.29 Å². The van der Waals surface area contributed by atoms with Crippen molar-refractivity contribution in [1.29, 1.82) is 10.8 Å². The number of rotatable bonds is 6. The average molecular weight is 345 g/mol. The van der Waals surface area contributed by atoms with Crippen molar-refractivity contribution in [2.75, 3.05) is 39.3 Å². The average Bonchev–Trinajstić information content (AvgIpc) is 2.61. The lowest BCUT2D eigenvalue weighted by Gasteiger charge is -2.35. The zero-order valence-corrected chi connectivity index (χ0v) is 14.9. The Balaban J connectivity index is 1.92. The highest BCUT2D eigenvalue weighted by atomic mass is 16.6. The molecule has 0 amide bonds. The quantitative estimate of drug-likeness (QED) is 0.412. The third kappa shape index (κ3) is 5.74. The van der Waals surface area contributed by atoms with E-state index in [9.17, 15) is 5.11 Å². The van der Waals surface area contributed by atoms with Gasteiger partial charge in [0.05, 0.1) is 5.71 Å². The zero-order chi connectivity index (χ0) is 18.2. The number of hydrogen-bond acceptors (Lipinski definition) is 5. The number of ether oxygens (including phenoxy) is 1. The summed E-state index contributed by atoms with van der Waals surface area (Å²) in [6.45, 7) is 7.66. The molecule has 1 atom stereocenters. The summed E-state index contributed by atoms with van der Waals surface area (Å²) in [4.78, 5) is 8.33. The fraction of sp³-hybridized carbons (Fsp3) is 0.500. The summed E-state index contributed by atoms with van der Waals surface area (Å²) in [7, 11) is 0. The van der Waals surface area contributed by atoms with Crippen LogP contribution in [-0.2, 0) is 4.74 Å². The zero-order valence-electron chi connectivity index (χ0n) is 14.9. The Morgan fingerprint density at radius 1 is 1.28 bits per heavy atom. The highest BCUT2D eigenvalue weighted by Gasteiger charge is 2.21. The number of aliphatic hydroxyl groups is 1. The minimum Gasteiger partial charge on any atom is -0.367 e. The second-order valence-corrected chi connectivity index (χ2v) is 6.03. The molecule has 1 aromatic carbocycles. The molecule has 0 bridgehead atoms. The topological polar surface area (TPSA) is 96.0 Å². The van der Waals surface area contributed by atoms with E-state index >= 15 is 0 Å². The van der Waals surface area contributed by atoms with Crippen LogP contribution in [0.3, 0.4) is 0 Å². The van der Waals surface area contributed by atoms with Crippen LogP contribution >= 0.6 is 0 Å². The number of nitrogens with one attached hydrogen (secondary N) is 2. The number of aryl methyl sites for hydroxylation is 1. The van der Waals surface area contributed by atoms with Gasteiger partial charge in [0.2, 0.25) is 5.96 Å². The highest BCUT2D eigenvalue weighted by molar-refractivity contribution is 6.39. The monoisotopic (exact) mass is 345 g/mol. The van der Waals surface area contributed by atoms with Gasteiger partial charge in [0.15, 0.2) is 6.29 Å². The van der Waals surface area contributed by atoms with E-state index in [1.165, 1.54) is 6.21 Å². The molecule has 0 radical (unpaired) electrons. The van der Waals surface area contributed by atoms with E-state index in [-0.39, 0.29) is 5.96 Å². The number of nitrogens with zero attached hydrogens (tertiary/aromatic N) is 3. The van der Waals surface area contributed by atoms with E-state index in [2.05, 4.69) is 9.89 Å². The van der Waals surface area contributed by atoms with Gasteiger partial charge in [-0.25, -0.2) is 4.99 Å². The molecule has 25 heavy (non-hydrogen) atoms. The van der Waals surface area contributed by atoms with Crippen LogP contribution in [0.2, 0.25) is 0 Å². The third-order valence-corrected chi connectivity index (χ3v) is 4.16. The van der Waals surface area contributed by atoms with E-state index in [4.69, 9.17) is 15.6 Å². The normalized spacial score (nSPS) is 17.4. The first kappa shape index (κ1) is 19.2. The Morgan fingerprint density at radius 2 is 1.92 bits per heavy atom. The number of hydrogen-bond donors (Lipinski definition) is 3. The van der Waals surface area contributed by atoms with Gasteiger partial charge in [0, 0.05) is 51.1 Å². The summed E-state index contributed by atoms with van der Waals surface area (Å²) in [6.07, 6.45) is 0.425. The standard InChI is InChI=1S/C18H27N5O2/c1-3-25-17(24)13-22-8-10-23(11-9-22)18(20)21-16(12-19)15-6-4-14(2)5-7-15/h4-7,12,17,19-20,24H,3,8-11,13H2,1-2H3/b19-12?,20-18?,21-16+/t17-/m0/s1. The first-order valence-corrected chi connectivity index (χ1v) is 8.55. The van der Waals surface area contributed by atoms with E-state index in [1.54, 1.807) is 0 Å². The number of β-amino-alcohol motifs (C(OH)–C–C–N with tert-alkyl or cyclic N) is 1. The molecule has 0 saturated carbocycles. The Hall–Kier alpha value is -2.09. The summed E-state index contributed by atoms with van der Waals surface area (Å²) >= 11 is 0. The molecule has 1 aliphatic rings. The maximum Gasteiger partial charge on any atom is 0.218 e. The van der Waals surface area contributed by atoms with Gasteiger partial charge in [-0.3, -0.25) is 10.3 Å². The van der Waals surface area contributed by atoms with E-state index in [0.717, 1.165) is 24.2 Å². The fourth-order valence-corrected chi connectivity index (χ4v) is 2.70. The van der Waals surface area contributed by atoms with Crippen molar-refractivity contribution in [2.45, 2.75) is 20.1 Å².